The number of hydrogen-bond donors (Lipinski definition) is 3. The van der Waals surface area contributed by atoms with Crippen LogP contribution in [0.15, 0.2) is 48.7 Å². The average Bonchev–Trinajstić information content (AvgIpc) is 3.05. The lowest BCUT2D eigenvalue weighted by Crippen LogP contribution is -2.09. The highest BCUT2D eigenvalue weighted by molar-refractivity contribution is 5.68. The molecule has 0 aliphatic heterocycles. The minimum Gasteiger partial charge on any atom is -0.489 e. The Morgan fingerprint density at radius 1 is 1.14 bits per heavy atom. The molecule has 0 radical (unpaired) electrons. The normalized spacial score (nSPS) is 15.3. The first-order valence-electron chi connectivity index (χ1n) is 9.94. The average molecular weight is 390 g/mol. The number of ether oxygens (including phenoxy) is 1. The zero-order valence-corrected chi connectivity index (χ0v) is 16.9. The van der Waals surface area contributed by atoms with Crippen LogP contribution in [-0.2, 0) is 6.42 Å². The summed E-state index contributed by atoms with van der Waals surface area (Å²) < 4.78 is 6.01. The number of fused-ring (bicyclic) bond motifs is 1. The van der Waals surface area contributed by atoms with E-state index in [1.807, 2.05) is 63.2 Å². The molecule has 6 heteroatoms. The second-order valence-corrected chi connectivity index (χ2v) is 7.61. The smallest absolute Gasteiger partial charge is 0.229 e. The number of aliphatic hydroxyl groups is 1. The Labute approximate surface area is 171 Å². The Balaban J connectivity index is 1.65. The summed E-state index contributed by atoms with van der Waals surface area (Å²) in [4.78, 5) is 9.07. The van der Waals surface area contributed by atoms with Gasteiger partial charge in [0.05, 0.1) is 17.9 Å². The molecule has 1 aliphatic rings. The van der Waals surface area contributed by atoms with Crippen LogP contribution in [0, 0.1) is 6.92 Å². The van der Waals surface area contributed by atoms with Crippen LogP contribution < -0.4 is 15.4 Å². The van der Waals surface area contributed by atoms with E-state index in [1.165, 1.54) is 0 Å². The van der Waals surface area contributed by atoms with Gasteiger partial charge in [-0.1, -0.05) is 18.2 Å². The molecule has 1 unspecified atom stereocenters. The number of aliphatic hydroxyl groups excluding tert-OH is 1. The zero-order valence-electron chi connectivity index (χ0n) is 16.9. The molecule has 2 aromatic carbocycles. The predicted octanol–water partition coefficient (Wildman–Crippen LogP) is 5.04. The fraction of sp³-hybridized carbons (Fsp3) is 0.304. The van der Waals surface area contributed by atoms with Gasteiger partial charge in [-0.25, -0.2) is 4.98 Å². The molecule has 0 fully saturated rings. The van der Waals surface area contributed by atoms with Crippen molar-refractivity contribution >= 4 is 23.1 Å². The predicted molar refractivity (Wildman–Crippen MR) is 115 cm³/mol. The fourth-order valence-electron chi connectivity index (χ4n) is 3.47. The first kappa shape index (κ1) is 19.2. The van der Waals surface area contributed by atoms with Crippen molar-refractivity contribution in [1.29, 1.82) is 0 Å². The summed E-state index contributed by atoms with van der Waals surface area (Å²) in [6, 6.07) is 13.9. The van der Waals surface area contributed by atoms with Gasteiger partial charge in [-0.05, 0) is 69.0 Å². The number of nitrogens with zero attached hydrogens (tertiary/aromatic N) is 2. The number of aromatic nitrogens is 2. The Morgan fingerprint density at radius 2 is 1.93 bits per heavy atom. The molecule has 1 atom stereocenters. The van der Waals surface area contributed by atoms with Gasteiger partial charge in [0.2, 0.25) is 5.95 Å². The Morgan fingerprint density at radius 3 is 2.69 bits per heavy atom. The molecule has 150 valence electrons. The number of hydrogen-bond acceptors (Lipinski definition) is 6. The third-order valence-electron chi connectivity index (χ3n) is 4.90. The maximum Gasteiger partial charge on any atom is 0.229 e. The van der Waals surface area contributed by atoms with Crippen LogP contribution in [-0.4, -0.2) is 21.2 Å². The third-order valence-corrected chi connectivity index (χ3v) is 4.90. The number of nitrogens with one attached hydrogen (secondary N) is 2. The van der Waals surface area contributed by atoms with Crippen molar-refractivity contribution < 1.29 is 9.84 Å². The van der Waals surface area contributed by atoms with E-state index >= 15 is 0 Å². The van der Waals surface area contributed by atoms with Gasteiger partial charge in [0, 0.05) is 17.4 Å². The van der Waals surface area contributed by atoms with E-state index in [4.69, 9.17) is 4.74 Å². The Hall–Kier alpha value is -3.12. The minimum atomic E-state index is -0.437. The zero-order chi connectivity index (χ0) is 20.4. The van der Waals surface area contributed by atoms with Gasteiger partial charge in [-0.2, -0.15) is 4.98 Å². The summed E-state index contributed by atoms with van der Waals surface area (Å²) >= 11 is 0. The molecule has 3 aromatic rings. The molecule has 4 rings (SSSR count). The van der Waals surface area contributed by atoms with Crippen LogP contribution in [0.3, 0.4) is 0 Å². The van der Waals surface area contributed by atoms with Crippen LogP contribution >= 0.6 is 0 Å². The van der Waals surface area contributed by atoms with E-state index in [0.717, 1.165) is 52.5 Å². The summed E-state index contributed by atoms with van der Waals surface area (Å²) in [5.41, 5.74) is 4.74. The van der Waals surface area contributed by atoms with Crippen molar-refractivity contribution in [3.8, 4) is 5.75 Å². The number of benzene rings is 2. The molecule has 1 heterocycles. The molecule has 0 spiro atoms. The van der Waals surface area contributed by atoms with Crippen LogP contribution in [0.4, 0.5) is 23.1 Å². The highest BCUT2D eigenvalue weighted by Gasteiger charge is 2.23. The maximum atomic E-state index is 10.3. The Kier molecular flexibility index (Phi) is 5.36. The summed E-state index contributed by atoms with van der Waals surface area (Å²) in [5.74, 6) is 1.95. The molecular weight excluding hydrogens is 364 g/mol. The van der Waals surface area contributed by atoms with E-state index in [0.29, 0.717) is 5.95 Å². The highest BCUT2D eigenvalue weighted by atomic mass is 16.5. The number of para-hydroxylation sites is 1. The molecule has 1 aromatic heterocycles. The van der Waals surface area contributed by atoms with Crippen molar-refractivity contribution in [3.05, 3.63) is 65.4 Å². The lowest BCUT2D eigenvalue weighted by Gasteiger charge is -2.18. The summed E-state index contributed by atoms with van der Waals surface area (Å²) in [7, 11) is 0. The summed E-state index contributed by atoms with van der Waals surface area (Å²) in [6.07, 6.45) is 2.98. The summed E-state index contributed by atoms with van der Waals surface area (Å²) in [5, 5.41) is 16.9. The quantitative estimate of drug-likeness (QED) is 0.547. The van der Waals surface area contributed by atoms with Gasteiger partial charge in [-0.3, -0.25) is 0 Å². The van der Waals surface area contributed by atoms with Crippen LogP contribution in [0.2, 0.25) is 0 Å². The third kappa shape index (κ3) is 4.32. The molecule has 1 aliphatic carbocycles. The molecule has 29 heavy (non-hydrogen) atoms. The molecule has 0 saturated heterocycles. The topological polar surface area (TPSA) is 79.3 Å². The molecule has 6 nitrogen and oxygen atoms in total. The number of rotatable bonds is 6. The lowest BCUT2D eigenvalue weighted by molar-refractivity contribution is 0.180. The van der Waals surface area contributed by atoms with Gasteiger partial charge in [0.1, 0.15) is 11.6 Å². The van der Waals surface area contributed by atoms with Crippen LogP contribution in [0.25, 0.3) is 0 Å². The van der Waals surface area contributed by atoms with E-state index in [-0.39, 0.29) is 6.10 Å². The van der Waals surface area contributed by atoms with Crippen molar-refractivity contribution in [2.24, 2.45) is 0 Å². The fourth-order valence-corrected chi connectivity index (χ4v) is 3.47. The second-order valence-electron chi connectivity index (χ2n) is 7.61. The monoisotopic (exact) mass is 390 g/mol. The second kappa shape index (κ2) is 8.09. The van der Waals surface area contributed by atoms with E-state index in [1.54, 1.807) is 6.20 Å². The van der Waals surface area contributed by atoms with Gasteiger partial charge >= 0.3 is 0 Å². The van der Waals surface area contributed by atoms with Crippen molar-refractivity contribution in [2.75, 3.05) is 10.6 Å². The van der Waals surface area contributed by atoms with Gasteiger partial charge < -0.3 is 20.5 Å². The van der Waals surface area contributed by atoms with Crippen LogP contribution in [0.1, 0.15) is 43.1 Å². The molecule has 3 N–H and O–H groups in total. The number of anilines is 4. The standard InChI is InChI=1S/C23H26N4O2/c1-14(2)29-21-11-16-9-10-20(28)18(16)12-19(21)26-23-24-13-15(3)22(27-23)25-17-7-5-4-6-8-17/h4-8,11-14,20,28H,9-10H2,1-3H3,(H2,24,25,26,27). The molecular formula is C23H26N4O2. The van der Waals surface area contributed by atoms with Crippen molar-refractivity contribution in [1.82, 2.24) is 9.97 Å². The number of aryl methyl sites for hydroxylation is 2. The van der Waals surface area contributed by atoms with Gasteiger partial charge in [0.25, 0.3) is 0 Å². The first-order chi connectivity index (χ1) is 14.0. The largest absolute Gasteiger partial charge is 0.489 e. The summed E-state index contributed by atoms with van der Waals surface area (Å²) in [6.45, 7) is 5.96. The van der Waals surface area contributed by atoms with E-state index < -0.39 is 6.10 Å². The molecule has 0 bridgehead atoms. The SMILES string of the molecule is Cc1cnc(Nc2cc3c(cc2OC(C)C)CCC3O)nc1Nc1ccccc1. The van der Waals surface area contributed by atoms with E-state index in [9.17, 15) is 5.11 Å². The minimum absolute atomic E-state index is 0.0363. The molecule has 0 amide bonds. The van der Waals surface area contributed by atoms with Crippen LogP contribution in [0.5, 0.6) is 5.75 Å². The lowest BCUT2D eigenvalue weighted by atomic mass is 10.1. The first-order valence-corrected chi connectivity index (χ1v) is 9.94. The molecule has 0 saturated carbocycles. The van der Waals surface area contributed by atoms with E-state index in [2.05, 4.69) is 20.6 Å². The van der Waals surface area contributed by atoms with Gasteiger partial charge in [0.15, 0.2) is 0 Å². The van der Waals surface area contributed by atoms with Gasteiger partial charge in [-0.15, -0.1) is 0 Å². The highest BCUT2D eigenvalue weighted by Crippen LogP contribution is 2.39. The maximum absolute atomic E-state index is 10.3. The Bertz CT molecular complexity index is 1010. The van der Waals surface area contributed by atoms with Crippen molar-refractivity contribution in [3.63, 3.8) is 0 Å². The van der Waals surface area contributed by atoms with Crippen molar-refractivity contribution in [2.45, 2.75) is 45.8 Å².